The van der Waals surface area contributed by atoms with Gasteiger partial charge in [-0.1, -0.05) is 12.1 Å². The molecule has 1 aromatic carbocycles. The lowest BCUT2D eigenvalue weighted by atomic mass is 9.84. The summed E-state index contributed by atoms with van der Waals surface area (Å²) in [7, 11) is 0. The topological polar surface area (TPSA) is 38.7 Å². The number of hydrogen-bond donors (Lipinski definition) is 1. The van der Waals surface area contributed by atoms with Crippen LogP contribution in [-0.4, -0.2) is 30.5 Å². The van der Waals surface area contributed by atoms with Crippen LogP contribution in [0.4, 0.5) is 4.39 Å². The second-order valence-corrected chi connectivity index (χ2v) is 4.56. The van der Waals surface area contributed by atoms with Crippen molar-refractivity contribution in [3.63, 3.8) is 0 Å². The molecule has 1 unspecified atom stereocenters. The molecule has 18 heavy (non-hydrogen) atoms. The van der Waals surface area contributed by atoms with Gasteiger partial charge in [0.15, 0.2) is 0 Å². The lowest BCUT2D eigenvalue weighted by molar-refractivity contribution is -0.168. The molecule has 0 amide bonds. The number of halogens is 1. The highest BCUT2D eigenvalue weighted by Gasteiger charge is 2.41. The summed E-state index contributed by atoms with van der Waals surface area (Å²) in [5.41, 5.74) is 0.0805. The van der Waals surface area contributed by atoms with Gasteiger partial charge in [-0.05, 0) is 24.6 Å². The van der Waals surface area contributed by atoms with Crippen LogP contribution in [0, 0.1) is 5.82 Å². The zero-order chi connectivity index (χ0) is 13.0. The maximum absolute atomic E-state index is 12.9. The summed E-state index contributed by atoms with van der Waals surface area (Å²) in [6, 6.07) is 5.93. The lowest BCUT2D eigenvalue weighted by Crippen LogP contribution is -2.44. The standard InChI is InChI=1S/C14H19FO3/c1-2-18-14(7-9-17-10-8-14)13(16)11-3-5-12(15)6-4-11/h3-6,13,16H,2,7-10H2,1H3. The second kappa shape index (κ2) is 5.78. The van der Waals surface area contributed by atoms with Crippen LogP contribution in [0.25, 0.3) is 0 Å². The molecule has 0 saturated carbocycles. The van der Waals surface area contributed by atoms with Gasteiger partial charge in [-0.25, -0.2) is 4.39 Å². The van der Waals surface area contributed by atoms with Crippen molar-refractivity contribution in [1.29, 1.82) is 0 Å². The molecule has 1 aliphatic heterocycles. The highest BCUT2D eigenvalue weighted by Crippen LogP contribution is 2.37. The smallest absolute Gasteiger partial charge is 0.123 e. The predicted octanol–water partition coefficient (Wildman–Crippen LogP) is 2.44. The van der Waals surface area contributed by atoms with Gasteiger partial charge in [-0.15, -0.1) is 0 Å². The first-order chi connectivity index (χ1) is 8.68. The minimum Gasteiger partial charge on any atom is -0.385 e. The summed E-state index contributed by atoms with van der Waals surface area (Å²) in [5, 5.41) is 10.5. The third-order valence-corrected chi connectivity index (χ3v) is 3.46. The summed E-state index contributed by atoms with van der Waals surface area (Å²) in [4.78, 5) is 0. The van der Waals surface area contributed by atoms with E-state index < -0.39 is 11.7 Å². The van der Waals surface area contributed by atoms with Gasteiger partial charge >= 0.3 is 0 Å². The first-order valence-electron chi connectivity index (χ1n) is 6.33. The van der Waals surface area contributed by atoms with E-state index in [1.165, 1.54) is 12.1 Å². The van der Waals surface area contributed by atoms with E-state index in [0.717, 1.165) is 0 Å². The van der Waals surface area contributed by atoms with Crippen molar-refractivity contribution in [1.82, 2.24) is 0 Å². The highest BCUT2D eigenvalue weighted by atomic mass is 19.1. The van der Waals surface area contributed by atoms with E-state index in [9.17, 15) is 9.50 Å². The molecule has 1 heterocycles. The average Bonchev–Trinajstić information content (AvgIpc) is 2.40. The third kappa shape index (κ3) is 2.71. The molecule has 0 radical (unpaired) electrons. The average molecular weight is 254 g/mol. The van der Waals surface area contributed by atoms with Gasteiger partial charge in [-0.2, -0.15) is 0 Å². The Kier molecular flexibility index (Phi) is 4.32. The van der Waals surface area contributed by atoms with Gasteiger partial charge in [0.25, 0.3) is 0 Å². The van der Waals surface area contributed by atoms with Gasteiger partial charge in [0, 0.05) is 32.7 Å². The second-order valence-electron chi connectivity index (χ2n) is 4.56. The Balaban J connectivity index is 2.21. The first kappa shape index (κ1) is 13.5. The lowest BCUT2D eigenvalue weighted by Gasteiger charge is -2.40. The van der Waals surface area contributed by atoms with Crippen molar-refractivity contribution in [2.24, 2.45) is 0 Å². The maximum Gasteiger partial charge on any atom is 0.123 e. The molecule has 4 heteroatoms. The fourth-order valence-electron chi connectivity index (χ4n) is 2.45. The third-order valence-electron chi connectivity index (χ3n) is 3.46. The predicted molar refractivity (Wildman–Crippen MR) is 65.8 cm³/mol. The minimum absolute atomic E-state index is 0.302. The number of rotatable bonds is 4. The molecule has 100 valence electrons. The van der Waals surface area contributed by atoms with Gasteiger partial charge in [-0.3, -0.25) is 0 Å². The van der Waals surface area contributed by atoms with Crippen molar-refractivity contribution in [3.05, 3.63) is 35.6 Å². The van der Waals surface area contributed by atoms with Crippen LogP contribution >= 0.6 is 0 Å². The zero-order valence-electron chi connectivity index (χ0n) is 10.6. The molecular weight excluding hydrogens is 235 g/mol. The largest absolute Gasteiger partial charge is 0.385 e. The number of hydrogen-bond acceptors (Lipinski definition) is 3. The van der Waals surface area contributed by atoms with Crippen molar-refractivity contribution in [3.8, 4) is 0 Å². The van der Waals surface area contributed by atoms with Crippen LogP contribution < -0.4 is 0 Å². The molecule has 1 N–H and O–H groups in total. The first-order valence-corrected chi connectivity index (χ1v) is 6.33. The SMILES string of the molecule is CCOC1(C(O)c2ccc(F)cc2)CCOCC1. The number of aliphatic hydroxyl groups excluding tert-OH is 1. The van der Waals surface area contributed by atoms with E-state index in [4.69, 9.17) is 9.47 Å². The summed E-state index contributed by atoms with van der Waals surface area (Å²) < 4.78 is 24.0. The van der Waals surface area contributed by atoms with Gasteiger partial charge in [0.05, 0.1) is 0 Å². The van der Waals surface area contributed by atoms with Crippen LogP contribution in [0.5, 0.6) is 0 Å². The summed E-state index contributed by atoms with van der Waals surface area (Å²) in [6.07, 6.45) is 0.556. The van der Waals surface area contributed by atoms with Crippen LogP contribution in [-0.2, 0) is 9.47 Å². The van der Waals surface area contributed by atoms with Gasteiger partial charge < -0.3 is 14.6 Å². The van der Waals surface area contributed by atoms with E-state index in [2.05, 4.69) is 0 Å². The van der Waals surface area contributed by atoms with E-state index in [-0.39, 0.29) is 5.82 Å². The maximum atomic E-state index is 12.9. The molecular formula is C14H19FO3. The van der Waals surface area contributed by atoms with E-state index >= 15 is 0 Å². The Bertz CT molecular complexity index is 366. The van der Waals surface area contributed by atoms with Crippen LogP contribution in [0.3, 0.4) is 0 Å². The van der Waals surface area contributed by atoms with Gasteiger partial charge in [0.1, 0.15) is 17.5 Å². The molecule has 2 rings (SSSR count). The van der Waals surface area contributed by atoms with E-state index in [0.29, 0.717) is 38.2 Å². The van der Waals surface area contributed by atoms with E-state index in [1.807, 2.05) is 6.92 Å². The van der Waals surface area contributed by atoms with E-state index in [1.54, 1.807) is 12.1 Å². The number of benzene rings is 1. The molecule has 3 nitrogen and oxygen atoms in total. The summed E-state index contributed by atoms with van der Waals surface area (Å²) in [6.45, 7) is 3.61. The monoisotopic (exact) mass is 254 g/mol. The Morgan fingerprint density at radius 2 is 1.94 bits per heavy atom. The summed E-state index contributed by atoms with van der Waals surface area (Å²) in [5.74, 6) is -0.302. The minimum atomic E-state index is -0.748. The van der Waals surface area contributed by atoms with Crippen LogP contribution in [0.1, 0.15) is 31.4 Å². The molecule has 1 fully saturated rings. The molecule has 1 aliphatic rings. The van der Waals surface area contributed by atoms with Crippen molar-refractivity contribution >= 4 is 0 Å². The summed E-state index contributed by atoms with van der Waals surface area (Å²) >= 11 is 0. The van der Waals surface area contributed by atoms with Crippen molar-refractivity contribution < 1.29 is 19.0 Å². The van der Waals surface area contributed by atoms with Crippen LogP contribution in [0.2, 0.25) is 0 Å². The molecule has 0 spiro atoms. The van der Waals surface area contributed by atoms with Gasteiger partial charge in [0.2, 0.25) is 0 Å². The Hall–Kier alpha value is -0.970. The Morgan fingerprint density at radius 3 is 2.50 bits per heavy atom. The molecule has 1 saturated heterocycles. The van der Waals surface area contributed by atoms with Crippen LogP contribution in [0.15, 0.2) is 24.3 Å². The molecule has 0 aliphatic carbocycles. The molecule has 0 aromatic heterocycles. The Morgan fingerprint density at radius 1 is 1.33 bits per heavy atom. The fourth-order valence-corrected chi connectivity index (χ4v) is 2.45. The number of ether oxygens (including phenoxy) is 2. The normalized spacial score (nSPS) is 20.6. The molecule has 1 atom stereocenters. The quantitative estimate of drug-likeness (QED) is 0.897. The molecule has 0 bridgehead atoms. The molecule has 1 aromatic rings. The van der Waals surface area contributed by atoms with Crippen molar-refractivity contribution in [2.45, 2.75) is 31.5 Å². The van der Waals surface area contributed by atoms with Crippen molar-refractivity contribution in [2.75, 3.05) is 19.8 Å². The highest BCUT2D eigenvalue weighted by molar-refractivity contribution is 5.21. The number of aliphatic hydroxyl groups is 1. The fraction of sp³-hybridized carbons (Fsp3) is 0.571. The zero-order valence-corrected chi connectivity index (χ0v) is 10.6. The Labute approximate surface area is 107 Å².